The van der Waals surface area contributed by atoms with E-state index in [1.165, 1.54) is 0 Å². The lowest BCUT2D eigenvalue weighted by molar-refractivity contribution is -0.130. The summed E-state index contributed by atoms with van der Waals surface area (Å²) in [6, 6.07) is 9.39. The highest BCUT2D eigenvalue weighted by atomic mass is 16.2. The fourth-order valence-corrected chi connectivity index (χ4v) is 1.99. The lowest BCUT2D eigenvalue weighted by atomic mass is 10.2. The van der Waals surface area contributed by atoms with Gasteiger partial charge in [-0.2, -0.15) is 15.0 Å². The summed E-state index contributed by atoms with van der Waals surface area (Å²) >= 11 is 0. The third-order valence-corrected chi connectivity index (χ3v) is 3.62. The molecule has 0 saturated heterocycles. The third kappa shape index (κ3) is 4.63. The molecule has 0 fully saturated rings. The normalized spacial score (nSPS) is 12.0. The molecule has 0 aliphatic rings. The van der Waals surface area contributed by atoms with E-state index in [-0.39, 0.29) is 24.4 Å². The summed E-state index contributed by atoms with van der Waals surface area (Å²) in [7, 11) is 5.30. The number of amides is 1. The number of likely N-dealkylation sites (N-methyl/N-ethyl adjacent to an activating group) is 2. The molecular formula is C16H23N7O. The molecule has 0 aliphatic carbocycles. The second kappa shape index (κ2) is 7.69. The Hall–Kier alpha value is -2.74. The Morgan fingerprint density at radius 1 is 1.17 bits per heavy atom. The van der Waals surface area contributed by atoms with Gasteiger partial charge < -0.3 is 16.0 Å². The van der Waals surface area contributed by atoms with E-state index >= 15 is 0 Å². The molecule has 128 valence electrons. The van der Waals surface area contributed by atoms with Crippen molar-refractivity contribution in [3.63, 3.8) is 0 Å². The van der Waals surface area contributed by atoms with Crippen LogP contribution in [0.5, 0.6) is 0 Å². The first-order valence-electron chi connectivity index (χ1n) is 7.60. The van der Waals surface area contributed by atoms with Crippen molar-refractivity contribution in [1.29, 1.82) is 0 Å². The van der Waals surface area contributed by atoms with E-state index < -0.39 is 0 Å². The van der Waals surface area contributed by atoms with Gasteiger partial charge in [-0.3, -0.25) is 9.69 Å². The van der Waals surface area contributed by atoms with E-state index in [2.05, 4.69) is 20.3 Å². The van der Waals surface area contributed by atoms with Crippen molar-refractivity contribution in [1.82, 2.24) is 24.8 Å². The highest BCUT2D eigenvalue weighted by molar-refractivity contribution is 5.77. The van der Waals surface area contributed by atoms with Crippen LogP contribution >= 0.6 is 0 Å². The Labute approximate surface area is 141 Å². The number of nitrogen functional groups attached to an aromatic ring is 1. The minimum atomic E-state index is -0.185. The Balaban J connectivity index is 2.16. The smallest absolute Gasteiger partial charge is 0.236 e. The maximum Gasteiger partial charge on any atom is 0.236 e. The quantitative estimate of drug-likeness (QED) is 0.823. The number of aromatic nitrogens is 3. The highest BCUT2D eigenvalue weighted by Gasteiger charge is 2.19. The molecule has 8 heteroatoms. The van der Waals surface area contributed by atoms with Gasteiger partial charge in [0.1, 0.15) is 0 Å². The molecule has 0 spiro atoms. The standard InChI is InChI=1S/C16H23N7O/c1-11(23(4)10-13(24)22(2)3)14-19-15(17)21-16(20-14)18-12-8-6-5-7-9-12/h5-9,11H,10H2,1-4H3,(H3,17,18,19,20,21). The van der Waals surface area contributed by atoms with Crippen LogP contribution in [0.4, 0.5) is 17.6 Å². The van der Waals surface area contributed by atoms with Crippen molar-refractivity contribution >= 4 is 23.5 Å². The Kier molecular flexibility index (Phi) is 5.64. The Morgan fingerprint density at radius 2 is 1.83 bits per heavy atom. The predicted octanol–water partition coefficient (Wildman–Crippen LogP) is 1.28. The van der Waals surface area contributed by atoms with Crippen LogP contribution in [0.1, 0.15) is 18.8 Å². The second-order valence-electron chi connectivity index (χ2n) is 5.75. The van der Waals surface area contributed by atoms with Crippen LogP contribution < -0.4 is 11.1 Å². The van der Waals surface area contributed by atoms with Gasteiger partial charge in [-0.05, 0) is 26.1 Å². The van der Waals surface area contributed by atoms with Crippen LogP contribution in [0.3, 0.4) is 0 Å². The average molecular weight is 329 g/mol. The number of hydrogen-bond acceptors (Lipinski definition) is 7. The largest absolute Gasteiger partial charge is 0.368 e. The van der Waals surface area contributed by atoms with E-state index in [4.69, 9.17) is 5.73 Å². The fraction of sp³-hybridized carbons (Fsp3) is 0.375. The summed E-state index contributed by atoms with van der Waals surface area (Å²) in [5, 5.41) is 3.10. The zero-order valence-electron chi connectivity index (χ0n) is 14.4. The zero-order chi connectivity index (χ0) is 17.7. The molecule has 2 aromatic rings. The number of nitrogens with two attached hydrogens (primary N) is 1. The van der Waals surface area contributed by atoms with Gasteiger partial charge in [-0.25, -0.2) is 0 Å². The molecule has 1 aromatic heterocycles. The number of rotatable bonds is 6. The van der Waals surface area contributed by atoms with Gasteiger partial charge in [-0.1, -0.05) is 18.2 Å². The van der Waals surface area contributed by atoms with E-state index in [0.29, 0.717) is 11.8 Å². The summed E-state index contributed by atoms with van der Waals surface area (Å²) in [4.78, 5) is 28.0. The minimum absolute atomic E-state index is 0.00834. The van der Waals surface area contributed by atoms with Crippen molar-refractivity contribution in [2.24, 2.45) is 0 Å². The van der Waals surface area contributed by atoms with Gasteiger partial charge >= 0.3 is 0 Å². The zero-order valence-corrected chi connectivity index (χ0v) is 14.4. The molecule has 0 aliphatic heterocycles. The van der Waals surface area contributed by atoms with Gasteiger partial charge in [0.05, 0.1) is 12.6 Å². The number of benzene rings is 1. The van der Waals surface area contributed by atoms with Gasteiger partial charge in [0.25, 0.3) is 0 Å². The topological polar surface area (TPSA) is 100 Å². The SMILES string of the molecule is CC(c1nc(N)nc(Nc2ccccc2)n1)N(C)CC(=O)N(C)C. The molecule has 0 saturated carbocycles. The Bertz CT molecular complexity index is 690. The highest BCUT2D eigenvalue weighted by Crippen LogP contribution is 2.18. The monoisotopic (exact) mass is 329 g/mol. The molecule has 1 atom stereocenters. The number of carbonyl (C=O) groups is 1. The second-order valence-corrected chi connectivity index (χ2v) is 5.75. The van der Waals surface area contributed by atoms with Crippen LogP contribution in [0, 0.1) is 0 Å². The van der Waals surface area contributed by atoms with Crippen molar-refractivity contribution in [3.05, 3.63) is 36.2 Å². The van der Waals surface area contributed by atoms with Crippen LogP contribution in [0.2, 0.25) is 0 Å². The third-order valence-electron chi connectivity index (χ3n) is 3.62. The minimum Gasteiger partial charge on any atom is -0.368 e. The summed E-state index contributed by atoms with van der Waals surface area (Å²) < 4.78 is 0. The molecule has 2 rings (SSSR count). The summed E-state index contributed by atoms with van der Waals surface area (Å²) in [6.07, 6.45) is 0. The van der Waals surface area contributed by atoms with E-state index in [1.807, 2.05) is 49.2 Å². The maximum atomic E-state index is 11.9. The van der Waals surface area contributed by atoms with Gasteiger partial charge in [0, 0.05) is 19.8 Å². The molecule has 8 nitrogen and oxygen atoms in total. The predicted molar refractivity (Wildman–Crippen MR) is 93.7 cm³/mol. The molecule has 0 radical (unpaired) electrons. The number of hydrogen-bond donors (Lipinski definition) is 2. The van der Waals surface area contributed by atoms with Crippen LogP contribution in [-0.2, 0) is 4.79 Å². The lowest BCUT2D eigenvalue weighted by Gasteiger charge is -2.24. The van der Waals surface area contributed by atoms with Crippen molar-refractivity contribution < 1.29 is 4.79 Å². The number of nitrogens with zero attached hydrogens (tertiary/aromatic N) is 5. The number of para-hydroxylation sites is 1. The van der Waals surface area contributed by atoms with Crippen LogP contribution in [0.15, 0.2) is 30.3 Å². The Morgan fingerprint density at radius 3 is 2.46 bits per heavy atom. The fourth-order valence-electron chi connectivity index (χ4n) is 1.99. The molecule has 3 N–H and O–H groups in total. The molecule has 1 amide bonds. The molecule has 24 heavy (non-hydrogen) atoms. The molecule has 1 aromatic carbocycles. The molecule has 1 unspecified atom stereocenters. The van der Waals surface area contributed by atoms with Crippen molar-refractivity contribution in [2.75, 3.05) is 38.7 Å². The number of carbonyl (C=O) groups excluding carboxylic acids is 1. The molecule has 0 bridgehead atoms. The summed E-state index contributed by atoms with van der Waals surface area (Å²) in [5.74, 6) is 1.03. The van der Waals surface area contributed by atoms with Crippen molar-refractivity contribution in [3.8, 4) is 0 Å². The summed E-state index contributed by atoms with van der Waals surface area (Å²) in [5.41, 5.74) is 6.66. The van der Waals surface area contributed by atoms with Crippen LogP contribution in [0.25, 0.3) is 0 Å². The number of anilines is 3. The molecule has 1 heterocycles. The van der Waals surface area contributed by atoms with Gasteiger partial charge in [0.15, 0.2) is 5.82 Å². The number of nitrogens with one attached hydrogen (secondary N) is 1. The maximum absolute atomic E-state index is 11.9. The van der Waals surface area contributed by atoms with E-state index in [9.17, 15) is 4.79 Å². The molecular weight excluding hydrogens is 306 g/mol. The van der Waals surface area contributed by atoms with E-state index in [0.717, 1.165) is 5.69 Å². The van der Waals surface area contributed by atoms with E-state index in [1.54, 1.807) is 19.0 Å². The van der Waals surface area contributed by atoms with Crippen molar-refractivity contribution in [2.45, 2.75) is 13.0 Å². The first kappa shape index (κ1) is 17.6. The first-order chi connectivity index (χ1) is 11.4. The first-order valence-corrected chi connectivity index (χ1v) is 7.60. The average Bonchev–Trinajstić information content (AvgIpc) is 2.54. The summed E-state index contributed by atoms with van der Waals surface area (Å²) in [6.45, 7) is 2.19. The van der Waals surface area contributed by atoms with Crippen LogP contribution in [-0.4, -0.2) is 58.3 Å². The van der Waals surface area contributed by atoms with Gasteiger partial charge in [-0.15, -0.1) is 0 Å². The lowest BCUT2D eigenvalue weighted by Crippen LogP contribution is -2.36. The van der Waals surface area contributed by atoms with Gasteiger partial charge in [0.2, 0.25) is 17.8 Å².